The molecular weight excluding hydrogens is 236 g/mol. The third kappa shape index (κ3) is 3.35. The Balaban J connectivity index is 2.79. The molecule has 1 rings (SSSR count). The maximum Gasteiger partial charge on any atom is 0.323 e. The van der Waals surface area contributed by atoms with Crippen molar-refractivity contribution in [2.75, 3.05) is 13.1 Å². The van der Waals surface area contributed by atoms with Gasteiger partial charge in [-0.2, -0.15) is 0 Å². The zero-order valence-corrected chi connectivity index (χ0v) is 10.3. The van der Waals surface area contributed by atoms with Crippen LogP contribution in [0.25, 0.3) is 0 Å². The first-order valence-corrected chi connectivity index (χ1v) is 5.30. The Kier molecular flexibility index (Phi) is 4.49. The van der Waals surface area contributed by atoms with Gasteiger partial charge in [0.1, 0.15) is 12.3 Å². The minimum atomic E-state index is -1.10. The van der Waals surface area contributed by atoms with Gasteiger partial charge >= 0.3 is 5.97 Å². The lowest BCUT2D eigenvalue weighted by atomic mass is 10.1. The maximum absolute atomic E-state index is 11.9. The Morgan fingerprint density at radius 1 is 1.50 bits per heavy atom. The third-order valence-electron chi connectivity index (χ3n) is 2.47. The summed E-state index contributed by atoms with van der Waals surface area (Å²) in [6.45, 7) is 2.98. The molecule has 0 atom stereocenters. The van der Waals surface area contributed by atoms with Crippen LogP contribution in [0.2, 0.25) is 0 Å². The molecule has 0 spiro atoms. The van der Waals surface area contributed by atoms with Crippen LogP contribution in [0, 0.1) is 26.2 Å². The van der Waals surface area contributed by atoms with Gasteiger partial charge in [-0.25, -0.2) is 0 Å². The number of hydrogen-bond donors (Lipinski definition) is 1. The predicted octanol–water partition coefficient (Wildman–Crippen LogP) is 0.380. The summed E-state index contributed by atoms with van der Waals surface area (Å²) in [4.78, 5) is 23.7. The molecule has 0 aromatic carbocycles. The molecule has 0 saturated carbocycles. The molecule has 0 aliphatic carbocycles. The first-order valence-electron chi connectivity index (χ1n) is 5.30. The molecule has 1 heterocycles. The molecule has 1 N–H and O–H groups in total. The maximum atomic E-state index is 11.9. The first kappa shape index (κ1) is 13.8. The summed E-state index contributed by atoms with van der Waals surface area (Å²) in [5.74, 6) is 1.36. The van der Waals surface area contributed by atoms with Gasteiger partial charge in [0.15, 0.2) is 0 Å². The van der Waals surface area contributed by atoms with E-state index in [2.05, 4.69) is 11.1 Å². The Bertz CT molecular complexity index is 479. The van der Waals surface area contributed by atoms with Crippen molar-refractivity contribution in [2.24, 2.45) is 0 Å². The van der Waals surface area contributed by atoms with E-state index in [0.29, 0.717) is 17.0 Å². The van der Waals surface area contributed by atoms with E-state index in [4.69, 9.17) is 16.1 Å². The topological polar surface area (TPSA) is 83.6 Å². The van der Waals surface area contributed by atoms with E-state index in [0.717, 1.165) is 4.90 Å². The number of rotatable bonds is 5. The SMILES string of the molecule is C#CCN(CC(=O)O)C(=O)Cc1c(C)noc1C. The Labute approximate surface area is 105 Å². The van der Waals surface area contributed by atoms with Gasteiger partial charge in [-0.1, -0.05) is 11.1 Å². The van der Waals surface area contributed by atoms with E-state index in [-0.39, 0.29) is 18.9 Å². The molecule has 18 heavy (non-hydrogen) atoms. The predicted molar refractivity (Wildman–Crippen MR) is 62.7 cm³/mol. The van der Waals surface area contributed by atoms with Gasteiger partial charge in [0.2, 0.25) is 5.91 Å². The number of carboxylic acids is 1. The van der Waals surface area contributed by atoms with Crippen molar-refractivity contribution in [1.82, 2.24) is 10.1 Å². The van der Waals surface area contributed by atoms with E-state index >= 15 is 0 Å². The van der Waals surface area contributed by atoms with Gasteiger partial charge in [-0.05, 0) is 13.8 Å². The van der Waals surface area contributed by atoms with Crippen molar-refractivity contribution >= 4 is 11.9 Å². The quantitative estimate of drug-likeness (QED) is 0.764. The molecule has 0 saturated heterocycles. The van der Waals surface area contributed by atoms with Crippen LogP contribution < -0.4 is 0 Å². The largest absolute Gasteiger partial charge is 0.480 e. The zero-order valence-electron chi connectivity index (χ0n) is 10.3. The smallest absolute Gasteiger partial charge is 0.323 e. The van der Waals surface area contributed by atoms with Crippen LogP contribution in [0.5, 0.6) is 0 Å². The molecule has 0 unspecified atom stereocenters. The van der Waals surface area contributed by atoms with Crippen LogP contribution >= 0.6 is 0 Å². The number of carbonyl (C=O) groups excluding carboxylic acids is 1. The molecule has 0 bridgehead atoms. The third-order valence-corrected chi connectivity index (χ3v) is 2.47. The van der Waals surface area contributed by atoms with Crippen molar-refractivity contribution < 1.29 is 19.2 Å². The summed E-state index contributed by atoms with van der Waals surface area (Å²) in [5, 5.41) is 12.4. The second-order valence-electron chi connectivity index (χ2n) is 3.83. The van der Waals surface area contributed by atoms with Gasteiger partial charge in [-0.15, -0.1) is 6.42 Å². The van der Waals surface area contributed by atoms with E-state index in [9.17, 15) is 9.59 Å². The van der Waals surface area contributed by atoms with E-state index < -0.39 is 12.5 Å². The number of carboxylic acid groups (broad SMARTS) is 1. The lowest BCUT2D eigenvalue weighted by Crippen LogP contribution is -2.37. The fourth-order valence-electron chi connectivity index (χ4n) is 1.52. The molecular formula is C12H14N2O4. The average molecular weight is 250 g/mol. The van der Waals surface area contributed by atoms with Crippen molar-refractivity contribution in [3.05, 3.63) is 17.0 Å². The second kappa shape index (κ2) is 5.87. The standard InChI is InChI=1S/C12H14N2O4/c1-4-5-14(7-12(16)17)11(15)6-10-8(2)13-18-9(10)3/h1H,5-7H2,2-3H3,(H,16,17). The van der Waals surface area contributed by atoms with Gasteiger partial charge in [0, 0.05) is 5.56 Å². The minimum absolute atomic E-state index is 0.0332. The van der Waals surface area contributed by atoms with Gasteiger partial charge in [-0.3, -0.25) is 9.59 Å². The van der Waals surface area contributed by atoms with E-state index in [1.165, 1.54) is 0 Å². The fourth-order valence-corrected chi connectivity index (χ4v) is 1.52. The first-order chi connectivity index (χ1) is 8.45. The Hall–Kier alpha value is -2.29. The molecule has 6 nitrogen and oxygen atoms in total. The van der Waals surface area contributed by atoms with Crippen LogP contribution in [0.3, 0.4) is 0 Å². The normalized spacial score (nSPS) is 9.83. The van der Waals surface area contributed by atoms with Gasteiger partial charge < -0.3 is 14.5 Å². The Morgan fingerprint density at radius 3 is 2.61 bits per heavy atom. The lowest BCUT2D eigenvalue weighted by molar-refractivity contribution is -0.143. The molecule has 1 amide bonds. The molecule has 0 aliphatic rings. The molecule has 0 radical (unpaired) electrons. The van der Waals surface area contributed by atoms with E-state index in [1.807, 2.05) is 0 Å². The van der Waals surface area contributed by atoms with Crippen molar-refractivity contribution in [3.8, 4) is 12.3 Å². The average Bonchev–Trinajstić information content (AvgIpc) is 2.59. The zero-order chi connectivity index (χ0) is 13.7. The van der Waals surface area contributed by atoms with Crippen LogP contribution in [-0.4, -0.2) is 40.1 Å². The highest BCUT2D eigenvalue weighted by Crippen LogP contribution is 2.13. The number of aryl methyl sites for hydroxylation is 2. The number of carbonyl (C=O) groups is 2. The number of aliphatic carboxylic acids is 1. The highest BCUT2D eigenvalue weighted by molar-refractivity contribution is 5.83. The fraction of sp³-hybridized carbons (Fsp3) is 0.417. The van der Waals surface area contributed by atoms with Crippen molar-refractivity contribution in [1.29, 1.82) is 0 Å². The summed E-state index contributed by atoms with van der Waals surface area (Å²) < 4.78 is 4.94. The van der Waals surface area contributed by atoms with Gasteiger partial charge in [0.25, 0.3) is 0 Å². The summed E-state index contributed by atoms with van der Waals surface area (Å²) in [7, 11) is 0. The highest BCUT2D eigenvalue weighted by Gasteiger charge is 2.19. The molecule has 1 aromatic rings. The lowest BCUT2D eigenvalue weighted by Gasteiger charge is -2.17. The number of aromatic nitrogens is 1. The number of terminal acetylenes is 1. The number of nitrogens with zero attached hydrogens (tertiary/aromatic N) is 2. The van der Waals surface area contributed by atoms with Gasteiger partial charge in [0.05, 0.1) is 18.7 Å². The second-order valence-corrected chi connectivity index (χ2v) is 3.83. The van der Waals surface area contributed by atoms with Crippen LogP contribution in [-0.2, 0) is 16.0 Å². The number of hydrogen-bond acceptors (Lipinski definition) is 4. The molecule has 96 valence electrons. The Morgan fingerprint density at radius 2 is 2.17 bits per heavy atom. The summed E-state index contributed by atoms with van der Waals surface area (Å²) >= 11 is 0. The van der Waals surface area contributed by atoms with Crippen LogP contribution in [0.1, 0.15) is 17.0 Å². The monoisotopic (exact) mass is 250 g/mol. The van der Waals surface area contributed by atoms with Crippen molar-refractivity contribution in [2.45, 2.75) is 20.3 Å². The highest BCUT2D eigenvalue weighted by atomic mass is 16.5. The van der Waals surface area contributed by atoms with Crippen molar-refractivity contribution in [3.63, 3.8) is 0 Å². The molecule has 6 heteroatoms. The molecule has 0 aliphatic heterocycles. The van der Waals surface area contributed by atoms with E-state index in [1.54, 1.807) is 13.8 Å². The molecule has 0 fully saturated rings. The summed E-state index contributed by atoms with van der Waals surface area (Å²) in [6, 6.07) is 0. The molecule has 1 aromatic heterocycles. The van der Waals surface area contributed by atoms with Crippen LogP contribution in [0.4, 0.5) is 0 Å². The van der Waals surface area contributed by atoms with Crippen LogP contribution in [0.15, 0.2) is 4.52 Å². The summed E-state index contributed by atoms with van der Waals surface area (Å²) in [5.41, 5.74) is 1.30. The number of amides is 1. The minimum Gasteiger partial charge on any atom is -0.480 e. The summed E-state index contributed by atoms with van der Waals surface area (Å²) in [6.07, 6.45) is 5.15.